The van der Waals surface area contributed by atoms with Gasteiger partial charge in [-0.25, -0.2) is 4.98 Å². The minimum atomic E-state index is -0.0665. The predicted molar refractivity (Wildman–Crippen MR) is 60.0 cm³/mol. The van der Waals surface area contributed by atoms with Crippen LogP contribution < -0.4 is 10.6 Å². The minimum absolute atomic E-state index is 0.0665. The number of hydrogen-bond donors (Lipinski definition) is 2. The van der Waals surface area contributed by atoms with Crippen LogP contribution in [0, 0.1) is 0 Å². The highest BCUT2D eigenvalue weighted by Crippen LogP contribution is 2.22. The third-order valence-corrected chi connectivity index (χ3v) is 1.74. The Morgan fingerprint density at radius 1 is 1.36 bits per heavy atom. The van der Waals surface area contributed by atoms with E-state index >= 15 is 0 Å². The molecule has 0 spiro atoms. The van der Waals surface area contributed by atoms with Gasteiger partial charge >= 0.3 is 0 Å². The average molecular weight is 215 g/mol. The number of hydrogen-bond acceptors (Lipinski definition) is 4. The molecule has 0 fully saturated rings. The summed E-state index contributed by atoms with van der Waals surface area (Å²) in [6.45, 7) is 6.14. The van der Waals surface area contributed by atoms with Gasteiger partial charge in [0.05, 0.1) is 6.20 Å². The number of nitrogens with one attached hydrogen (secondary N) is 2. The molecule has 0 bridgehead atoms. The van der Waals surface area contributed by atoms with Crippen molar-refractivity contribution in [3.8, 4) is 0 Å². The van der Waals surface area contributed by atoms with Gasteiger partial charge in [0.15, 0.2) is 5.82 Å². The number of anilines is 2. The Balaban J connectivity index is 2.95. The van der Waals surface area contributed by atoms with Crippen molar-refractivity contribution in [3.05, 3.63) is 11.2 Å². The Bertz CT molecular complexity index is 319. The molecular formula is C9H15ClN4. The van der Waals surface area contributed by atoms with Gasteiger partial charge in [0.25, 0.3) is 0 Å². The largest absolute Gasteiger partial charge is 0.364 e. The molecule has 0 atom stereocenters. The summed E-state index contributed by atoms with van der Waals surface area (Å²) in [6.07, 6.45) is 1.58. The predicted octanol–water partition coefficient (Wildman–Crippen LogP) is 2.38. The summed E-state index contributed by atoms with van der Waals surface area (Å²) >= 11 is 5.94. The normalized spacial score (nSPS) is 11.2. The number of nitrogens with zero attached hydrogens (tertiary/aromatic N) is 2. The number of aromatic nitrogens is 2. The monoisotopic (exact) mass is 214 g/mol. The van der Waals surface area contributed by atoms with Crippen LogP contribution in [0.15, 0.2) is 6.20 Å². The molecule has 14 heavy (non-hydrogen) atoms. The first kappa shape index (κ1) is 11.0. The van der Waals surface area contributed by atoms with E-state index in [1.165, 1.54) is 0 Å². The van der Waals surface area contributed by atoms with Crippen molar-refractivity contribution in [1.29, 1.82) is 0 Å². The smallest absolute Gasteiger partial charge is 0.224 e. The third-order valence-electron chi connectivity index (χ3n) is 1.46. The van der Waals surface area contributed by atoms with E-state index in [1.54, 1.807) is 13.2 Å². The molecule has 1 aromatic rings. The molecule has 78 valence electrons. The van der Waals surface area contributed by atoms with Crippen LogP contribution in [-0.2, 0) is 0 Å². The van der Waals surface area contributed by atoms with E-state index in [1.807, 2.05) is 20.8 Å². The maximum Gasteiger partial charge on any atom is 0.224 e. The van der Waals surface area contributed by atoms with E-state index < -0.39 is 0 Å². The molecule has 5 heteroatoms. The van der Waals surface area contributed by atoms with Gasteiger partial charge in [0.1, 0.15) is 5.02 Å². The van der Waals surface area contributed by atoms with Crippen molar-refractivity contribution in [3.63, 3.8) is 0 Å². The van der Waals surface area contributed by atoms with Gasteiger partial charge in [-0.3, -0.25) is 0 Å². The average Bonchev–Trinajstić information content (AvgIpc) is 2.06. The zero-order valence-electron chi connectivity index (χ0n) is 8.85. The SMILES string of the molecule is CNc1ncc(Cl)c(NC(C)(C)C)n1. The lowest BCUT2D eigenvalue weighted by molar-refractivity contribution is 0.630. The molecule has 0 aromatic carbocycles. The molecule has 0 aliphatic carbocycles. The topological polar surface area (TPSA) is 49.8 Å². The van der Waals surface area contributed by atoms with Crippen molar-refractivity contribution >= 4 is 23.4 Å². The Hall–Kier alpha value is -1.03. The maximum atomic E-state index is 5.94. The van der Waals surface area contributed by atoms with E-state index in [9.17, 15) is 0 Å². The van der Waals surface area contributed by atoms with Crippen LogP contribution in [0.25, 0.3) is 0 Å². The van der Waals surface area contributed by atoms with Crippen LogP contribution in [0.5, 0.6) is 0 Å². The maximum absolute atomic E-state index is 5.94. The van der Waals surface area contributed by atoms with Crippen molar-refractivity contribution in [2.24, 2.45) is 0 Å². The summed E-state index contributed by atoms with van der Waals surface area (Å²) in [5.41, 5.74) is -0.0665. The van der Waals surface area contributed by atoms with Crippen LogP contribution in [0.1, 0.15) is 20.8 Å². The molecule has 0 saturated carbocycles. The van der Waals surface area contributed by atoms with E-state index in [0.717, 1.165) is 0 Å². The van der Waals surface area contributed by atoms with Crippen LogP contribution in [0.4, 0.5) is 11.8 Å². The van der Waals surface area contributed by atoms with Gasteiger partial charge in [0, 0.05) is 12.6 Å². The van der Waals surface area contributed by atoms with Gasteiger partial charge in [-0.05, 0) is 20.8 Å². The lowest BCUT2D eigenvalue weighted by atomic mass is 10.1. The molecule has 4 nitrogen and oxygen atoms in total. The second kappa shape index (κ2) is 4.00. The number of halogens is 1. The molecule has 0 saturated heterocycles. The molecular weight excluding hydrogens is 200 g/mol. The Morgan fingerprint density at radius 2 is 2.00 bits per heavy atom. The first-order chi connectivity index (χ1) is 6.42. The van der Waals surface area contributed by atoms with Crippen molar-refractivity contribution in [1.82, 2.24) is 9.97 Å². The fourth-order valence-electron chi connectivity index (χ4n) is 0.930. The molecule has 0 radical (unpaired) electrons. The molecule has 0 aliphatic rings. The van der Waals surface area contributed by atoms with Gasteiger partial charge < -0.3 is 10.6 Å². The fourth-order valence-corrected chi connectivity index (χ4v) is 1.07. The van der Waals surface area contributed by atoms with Gasteiger partial charge in [0.2, 0.25) is 5.95 Å². The highest BCUT2D eigenvalue weighted by molar-refractivity contribution is 6.32. The summed E-state index contributed by atoms with van der Waals surface area (Å²) in [7, 11) is 1.77. The van der Waals surface area contributed by atoms with Crippen LogP contribution >= 0.6 is 11.6 Å². The molecule has 0 aliphatic heterocycles. The lowest BCUT2D eigenvalue weighted by Gasteiger charge is -2.22. The molecule has 2 N–H and O–H groups in total. The molecule has 1 heterocycles. The molecule has 1 aromatic heterocycles. The fraction of sp³-hybridized carbons (Fsp3) is 0.556. The first-order valence-electron chi connectivity index (χ1n) is 4.41. The van der Waals surface area contributed by atoms with E-state index in [4.69, 9.17) is 11.6 Å². The van der Waals surface area contributed by atoms with Gasteiger partial charge in [-0.1, -0.05) is 11.6 Å². The quantitative estimate of drug-likeness (QED) is 0.794. The molecule has 1 rings (SSSR count). The Morgan fingerprint density at radius 3 is 2.50 bits per heavy atom. The second-order valence-electron chi connectivity index (χ2n) is 4.02. The van der Waals surface area contributed by atoms with Crippen LogP contribution in [0.3, 0.4) is 0 Å². The van der Waals surface area contributed by atoms with E-state index in [0.29, 0.717) is 16.8 Å². The first-order valence-corrected chi connectivity index (χ1v) is 4.78. The lowest BCUT2D eigenvalue weighted by Crippen LogP contribution is -2.27. The van der Waals surface area contributed by atoms with Gasteiger partial charge in [-0.2, -0.15) is 4.98 Å². The summed E-state index contributed by atoms with van der Waals surface area (Å²) in [5, 5.41) is 6.59. The number of rotatable bonds is 2. The van der Waals surface area contributed by atoms with E-state index in [-0.39, 0.29) is 5.54 Å². The highest BCUT2D eigenvalue weighted by Gasteiger charge is 2.13. The Kier molecular flexibility index (Phi) is 3.16. The highest BCUT2D eigenvalue weighted by atomic mass is 35.5. The van der Waals surface area contributed by atoms with Crippen LogP contribution in [-0.4, -0.2) is 22.6 Å². The Labute approximate surface area is 89.1 Å². The minimum Gasteiger partial charge on any atom is -0.364 e. The van der Waals surface area contributed by atoms with Crippen molar-refractivity contribution in [2.45, 2.75) is 26.3 Å². The molecule has 0 amide bonds. The van der Waals surface area contributed by atoms with Gasteiger partial charge in [-0.15, -0.1) is 0 Å². The zero-order chi connectivity index (χ0) is 10.8. The van der Waals surface area contributed by atoms with E-state index in [2.05, 4.69) is 20.6 Å². The standard InChI is InChI=1S/C9H15ClN4/c1-9(2,3)14-7-6(10)5-12-8(11-4)13-7/h5H,1-4H3,(H2,11,12,13,14). The second-order valence-corrected chi connectivity index (χ2v) is 4.42. The summed E-state index contributed by atoms with van der Waals surface area (Å²) in [5.74, 6) is 1.21. The zero-order valence-corrected chi connectivity index (χ0v) is 9.61. The molecule has 0 unspecified atom stereocenters. The summed E-state index contributed by atoms with van der Waals surface area (Å²) in [6, 6.07) is 0. The third kappa shape index (κ3) is 3.03. The van der Waals surface area contributed by atoms with Crippen LogP contribution in [0.2, 0.25) is 5.02 Å². The van der Waals surface area contributed by atoms with Crippen molar-refractivity contribution < 1.29 is 0 Å². The summed E-state index contributed by atoms with van der Waals surface area (Å²) in [4.78, 5) is 8.20. The summed E-state index contributed by atoms with van der Waals surface area (Å²) < 4.78 is 0. The van der Waals surface area contributed by atoms with Crippen molar-refractivity contribution in [2.75, 3.05) is 17.7 Å².